The van der Waals surface area contributed by atoms with Crippen molar-refractivity contribution in [1.82, 2.24) is 5.32 Å². The summed E-state index contributed by atoms with van der Waals surface area (Å²) in [5.41, 5.74) is 2.57. The van der Waals surface area contributed by atoms with E-state index in [0.717, 1.165) is 16.9 Å². The summed E-state index contributed by atoms with van der Waals surface area (Å²) in [6, 6.07) is 21.3. The highest BCUT2D eigenvalue weighted by Gasteiger charge is 2.20. The molecule has 1 amide bonds. The van der Waals surface area contributed by atoms with Crippen molar-refractivity contribution in [3.63, 3.8) is 0 Å². The molecule has 0 radical (unpaired) electrons. The minimum Gasteiger partial charge on any atom is -0.492 e. The maximum atomic E-state index is 12.4. The summed E-state index contributed by atoms with van der Waals surface area (Å²) in [4.78, 5) is 12.4. The smallest absolute Gasteiger partial charge is 0.251 e. The van der Waals surface area contributed by atoms with E-state index >= 15 is 0 Å². The van der Waals surface area contributed by atoms with Crippen LogP contribution in [0.4, 0.5) is 5.69 Å². The molecule has 0 heterocycles. The Kier molecular flexibility index (Phi) is 7.77. The van der Waals surface area contributed by atoms with Gasteiger partial charge in [0, 0.05) is 10.6 Å². The molecule has 0 spiro atoms. The second-order valence-corrected chi connectivity index (χ2v) is 9.66. The minimum absolute atomic E-state index is 0.147. The Labute approximate surface area is 193 Å². The number of carbonyl (C=O) groups is 1. The van der Waals surface area contributed by atoms with Crippen LogP contribution in [0.3, 0.4) is 0 Å². The van der Waals surface area contributed by atoms with Gasteiger partial charge in [-0.2, -0.15) is 0 Å². The molecule has 1 N–H and O–H groups in total. The number of benzene rings is 3. The molecular weight excluding hydrogens is 448 g/mol. The number of aryl methyl sites for hydroxylation is 1. The van der Waals surface area contributed by atoms with E-state index in [-0.39, 0.29) is 12.5 Å². The molecule has 0 aromatic heterocycles. The van der Waals surface area contributed by atoms with E-state index in [1.54, 1.807) is 42.5 Å². The lowest BCUT2D eigenvalue weighted by molar-refractivity contribution is 0.0947. The van der Waals surface area contributed by atoms with E-state index in [4.69, 9.17) is 16.3 Å². The maximum Gasteiger partial charge on any atom is 0.251 e. The van der Waals surface area contributed by atoms with Gasteiger partial charge in [0.2, 0.25) is 10.0 Å². The number of nitrogens with zero attached hydrogens (tertiary/aromatic N) is 1. The number of hydrogen-bond donors (Lipinski definition) is 1. The summed E-state index contributed by atoms with van der Waals surface area (Å²) in [6.45, 7) is 2.69. The van der Waals surface area contributed by atoms with Crippen LogP contribution in [0.25, 0.3) is 0 Å². The summed E-state index contributed by atoms with van der Waals surface area (Å²) in [5.74, 6) is 0.527. The van der Waals surface area contributed by atoms with Crippen molar-refractivity contribution in [2.45, 2.75) is 13.5 Å². The highest BCUT2D eigenvalue weighted by molar-refractivity contribution is 7.92. The van der Waals surface area contributed by atoms with Crippen LogP contribution in [0, 0.1) is 6.92 Å². The van der Waals surface area contributed by atoms with Gasteiger partial charge in [-0.1, -0.05) is 41.9 Å². The van der Waals surface area contributed by atoms with Crippen LogP contribution >= 0.6 is 11.6 Å². The molecule has 168 valence electrons. The SMILES string of the molecule is Cc1cc(Cl)ccc1N(Cc1ccc(C(=O)NCCOc2ccccc2)cc1)S(C)(=O)=O. The zero-order chi connectivity index (χ0) is 23.1. The standard InChI is InChI=1S/C24H25ClN2O4S/c1-18-16-21(25)12-13-23(18)27(32(2,29)30)17-19-8-10-20(11-9-19)24(28)26-14-15-31-22-6-4-3-5-7-22/h3-13,16H,14-15,17H2,1-2H3,(H,26,28). The molecule has 0 atom stereocenters. The highest BCUT2D eigenvalue weighted by atomic mass is 35.5. The van der Waals surface area contributed by atoms with Crippen LogP contribution in [-0.4, -0.2) is 33.7 Å². The van der Waals surface area contributed by atoms with Crippen LogP contribution in [0.2, 0.25) is 5.02 Å². The maximum absolute atomic E-state index is 12.4. The van der Waals surface area contributed by atoms with Crippen molar-refractivity contribution in [3.8, 4) is 5.75 Å². The van der Waals surface area contributed by atoms with E-state index in [2.05, 4.69) is 5.32 Å². The van der Waals surface area contributed by atoms with Crippen LogP contribution in [-0.2, 0) is 16.6 Å². The number of sulfonamides is 1. The van der Waals surface area contributed by atoms with E-state index in [0.29, 0.717) is 29.4 Å². The second-order valence-electron chi connectivity index (χ2n) is 7.31. The summed E-state index contributed by atoms with van der Waals surface area (Å²) in [7, 11) is -3.52. The predicted octanol–water partition coefficient (Wildman–Crippen LogP) is 4.42. The van der Waals surface area contributed by atoms with Gasteiger partial charge < -0.3 is 10.1 Å². The Balaban J connectivity index is 1.61. The zero-order valence-electron chi connectivity index (χ0n) is 17.9. The number of carbonyl (C=O) groups excluding carboxylic acids is 1. The van der Waals surface area contributed by atoms with Gasteiger partial charge in [-0.3, -0.25) is 9.10 Å². The van der Waals surface area contributed by atoms with Crippen molar-refractivity contribution in [1.29, 1.82) is 0 Å². The summed E-state index contributed by atoms with van der Waals surface area (Å²) in [6.07, 6.45) is 1.17. The first kappa shape index (κ1) is 23.6. The summed E-state index contributed by atoms with van der Waals surface area (Å²) < 4.78 is 31.7. The number of halogens is 1. The first-order valence-electron chi connectivity index (χ1n) is 10.0. The molecular formula is C24H25ClN2O4S. The number of rotatable bonds is 9. The van der Waals surface area contributed by atoms with Gasteiger partial charge in [-0.15, -0.1) is 0 Å². The zero-order valence-corrected chi connectivity index (χ0v) is 19.5. The van der Waals surface area contributed by atoms with Gasteiger partial charge in [0.25, 0.3) is 5.91 Å². The van der Waals surface area contributed by atoms with Crippen LogP contribution in [0.1, 0.15) is 21.5 Å². The normalized spacial score (nSPS) is 11.1. The Hall–Kier alpha value is -3.03. The fraction of sp³-hybridized carbons (Fsp3) is 0.208. The van der Waals surface area contributed by atoms with E-state index in [1.807, 2.05) is 37.3 Å². The molecule has 3 aromatic rings. The molecule has 32 heavy (non-hydrogen) atoms. The third kappa shape index (κ3) is 6.48. The third-order valence-electron chi connectivity index (χ3n) is 4.77. The van der Waals surface area contributed by atoms with E-state index < -0.39 is 10.0 Å². The van der Waals surface area contributed by atoms with Crippen molar-refractivity contribution in [3.05, 3.63) is 94.5 Å². The number of nitrogens with one attached hydrogen (secondary N) is 1. The van der Waals surface area contributed by atoms with Crippen molar-refractivity contribution in [2.75, 3.05) is 23.7 Å². The van der Waals surface area contributed by atoms with Gasteiger partial charge >= 0.3 is 0 Å². The molecule has 8 heteroatoms. The first-order valence-corrected chi connectivity index (χ1v) is 12.3. The van der Waals surface area contributed by atoms with Crippen LogP contribution in [0.15, 0.2) is 72.8 Å². The average Bonchev–Trinajstić information content (AvgIpc) is 2.76. The van der Waals surface area contributed by atoms with Gasteiger partial charge in [0.1, 0.15) is 12.4 Å². The highest BCUT2D eigenvalue weighted by Crippen LogP contribution is 2.27. The molecule has 0 aliphatic rings. The first-order chi connectivity index (χ1) is 15.2. The summed E-state index contributed by atoms with van der Waals surface area (Å²) in [5, 5.41) is 3.36. The molecule has 0 saturated carbocycles. The number of hydrogen-bond acceptors (Lipinski definition) is 4. The largest absolute Gasteiger partial charge is 0.492 e. The lowest BCUT2D eigenvalue weighted by Gasteiger charge is -2.24. The van der Waals surface area contributed by atoms with Gasteiger partial charge in [-0.25, -0.2) is 8.42 Å². The van der Waals surface area contributed by atoms with E-state index in [9.17, 15) is 13.2 Å². The fourth-order valence-corrected chi connectivity index (χ4v) is 4.33. The lowest BCUT2D eigenvalue weighted by Crippen LogP contribution is -2.30. The number of anilines is 1. The van der Waals surface area contributed by atoms with Crippen LogP contribution < -0.4 is 14.4 Å². The average molecular weight is 473 g/mol. The number of amides is 1. The number of ether oxygens (including phenoxy) is 1. The Morgan fingerprint density at radius 2 is 1.72 bits per heavy atom. The summed E-state index contributed by atoms with van der Waals surface area (Å²) >= 11 is 6.01. The van der Waals surface area contributed by atoms with Gasteiger partial charge in [0.15, 0.2) is 0 Å². The molecule has 0 aliphatic carbocycles. The van der Waals surface area contributed by atoms with Gasteiger partial charge in [0.05, 0.1) is 25.0 Å². The molecule has 0 saturated heterocycles. The van der Waals surface area contributed by atoms with Crippen molar-refractivity contribution in [2.24, 2.45) is 0 Å². The molecule has 0 unspecified atom stereocenters. The number of para-hydroxylation sites is 1. The molecule has 0 fully saturated rings. The minimum atomic E-state index is -3.52. The van der Waals surface area contributed by atoms with E-state index in [1.165, 1.54) is 10.6 Å². The third-order valence-corrected chi connectivity index (χ3v) is 6.13. The molecule has 3 aromatic carbocycles. The Morgan fingerprint density at radius 1 is 1.03 bits per heavy atom. The molecule has 0 aliphatic heterocycles. The Bertz CT molecular complexity index is 1170. The Morgan fingerprint density at radius 3 is 2.34 bits per heavy atom. The predicted molar refractivity (Wildman–Crippen MR) is 128 cm³/mol. The molecule has 3 rings (SSSR count). The fourth-order valence-electron chi connectivity index (χ4n) is 3.16. The molecule has 0 bridgehead atoms. The lowest BCUT2D eigenvalue weighted by atomic mass is 10.1. The van der Waals surface area contributed by atoms with Crippen molar-refractivity contribution < 1.29 is 17.9 Å². The monoisotopic (exact) mass is 472 g/mol. The van der Waals surface area contributed by atoms with Crippen LogP contribution in [0.5, 0.6) is 5.75 Å². The van der Waals surface area contributed by atoms with Crippen molar-refractivity contribution >= 4 is 33.2 Å². The topological polar surface area (TPSA) is 75.7 Å². The second kappa shape index (κ2) is 10.5. The van der Waals surface area contributed by atoms with Gasteiger partial charge in [-0.05, 0) is 60.5 Å². The quantitative estimate of drug-likeness (QED) is 0.467. The molecule has 6 nitrogen and oxygen atoms in total.